The number of hydrogen-bond acceptors (Lipinski definition) is 2. The molecule has 0 aliphatic carbocycles. The molecular formula is C13H20ClNO. The van der Waals surface area contributed by atoms with Crippen LogP contribution in [0.15, 0.2) is 24.3 Å². The van der Waals surface area contributed by atoms with Gasteiger partial charge in [-0.05, 0) is 43.5 Å². The van der Waals surface area contributed by atoms with Crippen molar-refractivity contribution in [1.82, 2.24) is 0 Å². The molecule has 0 fully saturated rings. The Kier molecular flexibility index (Phi) is 10.1. The zero-order chi connectivity index (χ0) is 12.2. The molecule has 0 spiro atoms. The van der Waals surface area contributed by atoms with Crippen molar-refractivity contribution in [2.45, 2.75) is 32.6 Å². The zero-order valence-corrected chi connectivity index (χ0v) is 10.5. The zero-order valence-electron chi connectivity index (χ0n) is 9.79. The van der Waals surface area contributed by atoms with Crippen LogP contribution in [0.5, 0.6) is 0 Å². The first-order valence-corrected chi connectivity index (χ1v) is 6.00. The van der Waals surface area contributed by atoms with Crippen molar-refractivity contribution in [3.05, 3.63) is 34.9 Å². The van der Waals surface area contributed by atoms with Crippen LogP contribution in [0.25, 0.3) is 0 Å². The molecule has 0 unspecified atom stereocenters. The van der Waals surface area contributed by atoms with Gasteiger partial charge in [-0.25, -0.2) is 0 Å². The molecule has 0 bridgehead atoms. The maximum Gasteiger partial charge on any atom is 0.120 e. The molecule has 0 heterocycles. The molecule has 0 radical (unpaired) electrons. The van der Waals surface area contributed by atoms with E-state index in [1.807, 2.05) is 24.3 Å². The molecule has 1 rings (SSSR count). The Morgan fingerprint density at radius 3 is 2.31 bits per heavy atom. The number of halogens is 1. The normalized spacial score (nSPS) is 9.19. The van der Waals surface area contributed by atoms with Crippen LogP contribution in [0.2, 0.25) is 5.02 Å². The number of aryl methyl sites for hydroxylation is 1. The van der Waals surface area contributed by atoms with E-state index < -0.39 is 0 Å². The van der Waals surface area contributed by atoms with Gasteiger partial charge in [0.15, 0.2) is 0 Å². The summed E-state index contributed by atoms with van der Waals surface area (Å²) in [5, 5.41) is 0.758. The van der Waals surface area contributed by atoms with Crippen LogP contribution >= 0.6 is 11.6 Å². The summed E-state index contributed by atoms with van der Waals surface area (Å²) in [4.78, 5) is 10.0. The summed E-state index contributed by atoms with van der Waals surface area (Å²) in [6.07, 6.45) is 4.57. The fourth-order valence-corrected chi connectivity index (χ4v) is 1.17. The molecule has 16 heavy (non-hydrogen) atoms. The molecule has 1 aromatic carbocycles. The summed E-state index contributed by atoms with van der Waals surface area (Å²) < 4.78 is 0. The number of hydrogen-bond donors (Lipinski definition) is 1. The maximum absolute atomic E-state index is 10.0. The van der Waals surface area contributed by atoms with Crippen molar-refractivity contribution >= 4 is 17.9 Å². The summed E-state index contributed by atoms with van der Waals surface area (Å²) in [6.45, 7) is 2.88. The second-order valence-electron chi connectivity index (χ2n) is 3.47. The highest BCUT2D eigenvalue weighted by molar-refractivity contribution is 6.30. The lowest BCUT2D eigenvalue weighted by Crippen LogP contribution is -1.93. The fraction of sp³-hybridized carbons (Fsp3) is 0.462. The number of aldehydes is 1. The smallest absolute Gasteiger partial charge is 0.120 e. The van der Waals surface area contributed by atoms with Gasteiger partial charge in [0.2, 0.25) is 0 Å². The lowest BCUT2D eigenvalue weighted by molar-refractivity contribution is -0.107. The predicted octanol–water partition coefficient (Wildman–Crippen LogP) is 3.22. The minimum Gasteiger partial charge on any atom is -0.330 e. The fourth-order valence-electron chi connectivity index (χ4n) is 1.04. The number of nitrogens with two attached hydrogens (primary N) is 1. The molecular weight excluding hydrogens is 222 g/mol. The van der Waals surface area contributed by atoms with E-state index in [9.17, 15) is 4.79 Å². The van der Waals surface area contributed by atoms with E-state index in [1.165, 1.54) is 5.56 Å². The van der Waals surface area contributed by atoms with E-state index in [0.717, 1.165) is 37.1 Å². The molecule has 2 nitrogen and oxygen atoms in total. The van der Waals surface area contributed by atoms with Crippen LogP contribution in [0.3, 0.4) is 0 Å². The molecule has 1 aromatic rings. The average Bonchev–Trinajstić information content (AvgIpc) is 2.32. The van der Waals surface area contributed by atoms with Gasteiger partial charge in [-0.3, -0.25) is 0 Å². The summed E-state index contributed by atoms with van der Waals surface area (Å²) in [7, 11) is 0. The molecule has 3 heteroatoms. The van der Waals surface area contributed by atoms with E-state index >= 15 is 0 Å². The Bertz CT molecular complexity index is 270. The van der Waals surface area contributed by atoms with Crippen molar-refractivity contribution in [2.75, 3.05) is 6.54 Å². The van der Waals surface area contributed by atoms with Gasteiger partial charge in [-0.1, -0.05) is 30.7 Å². The summed E-state index contributed by atoms with van der Waals surface area (Å²) >= 11 is 5.72. The first kappa shape index (κ1) is 15.1. The number of benzene rings is 1. The lowest BCUT2D eigenvalue weighted by Gasteiger charge is -1.97. The third-order valence-electron chi connectivity index (χ3n) is 1.99. The van der Waals surface area contributed by atoms with Gasteiger partial charge < -0.3 is 10.5 Å². The Balaban J connectivity index is 0.000000487. The van der Waals surface area contributed by atoms with Gasteiger partial charge in [-0.15, -0.1) is 0 Å². The van der Waals surface area contributed by atoms with E-state index in [0.29, 0.717) is 6.42 Å². The Morgan fingerprint density at radius 1 is 1.31 bits per heavy atom. The van der Waals surface area contributed by atoms with Gasteiger partial charge in [0.05, 0.1) is 0 Å². The maximum atomic E-state index is 10.0. The topological polar surface area (TPSA) is 43.1 Å². The molecule has 2 N–H and O–H groups in total. The van der Waals surface area contributed by atoms with Crippen molar-refractivity contribution < 1.29 is 4.79 Å². The van der Waals surface area contributed by atoms with E-state index in [-0.39, 0.29) is 0 Å². The van der Waals surface area contributed by atoms with E-state index in [4.69, 9.17) is 17.3 Å². The van der Waals surface area contributed by atoms with Crippen LogP contribution in [0.1, 0.15) is 31.7 Å². The first-order valence-electron chi connectivity index (χ1n) is 5.62. The molecule has 90 valence electrons. The van der Waals surface area contributed by atoms with Crippen LogP contribution < -0.4 is 5.73 Å². The van der Waals surface area contributed by atoms with Crippen molar-refractivity contribution in [3.63, 3.8) is 0 Å². The highest BCUT2D eigenvalue weighted by Gasteiger charge is 1.92. The van der Waals surface area contributed by atoms with Crippen LogP contribution in [-0.2, 0) is 11.2 Å². The van der Waals surface area contributed by atoms with Crippen LogP contribution in [0.4, 0.5) is 0 Å². The summed E-state index contributed by atoms with van der Waals surface area (Å²) in [6, 6.07) is 7.73. The molecule has 0 saturated carbocycles. The minimum atomic E-state index is 0.641. The molecule has 0 aromatic heterocycles. The molecule has 0 aliphatic heterocycles. The standard InChI is InChI=1S/C10H11ClO.C3H9N/c11-10-6-4-9(5-7-10)3-1-2-8-12;1-2-3-4/h4-8H,1-3H2;2-4H2,1H3. The largest absolute Gasteiger partial charge is 0.330 e. The highest BCUT2D eigenvalue weighted by atomic mass is 35.5. The molecule has 0 amide bonds. The van der Waals surface area contributed by atoms with Gasteiger partial charge >= 0.3 is 0 Å². The third-order valence-corrected chi connectivity index (χ3v) is 2.24. The Labute approximate surface area is 103 Å². The van der Waals surface area contributed by atoms with Crippen molar-refractivity contribution in [1.29, 1.82) is 0 Å². The number of unbranched alkanes of at least 4 members (excludes halogenated alkanes) is 1. The third kappa shape index (κ3) is 8.45. The van der Waals surface area contributed by atoms with Crippen LogP contribution in [-0.4, -0.2) is 12.8 Å². The highest BCUT2D eigenvalue weighted by Crippen LogP contribution is 2.11. The van der Waals surface area contributed by atoms with Gasteiger partial charge in [-0.2, -0.15) is 0 Å². The first-order chi connectivity index (χ1) is 7.74. The number of rotatable bonds is 5. The van der Waals surface area contributed by atoms with E-state index in [2.05, 4.69) is 6.92 Å². The monoisotopic (exact) mass is 241 g/mol. The Morgan fingerprint density at radius 2 is 1.88 bits per heavy atom. The Hall–Kier alpha value is -0.860. The van der Waals surface area contributed by atoms with Gasteiger partial charge in [0, 0.05) is 11.4 Å². The average molecular weight is 242 g/mol. The summed E-state index contributed by atoms with van der Waals surface area (Å²) in [5.41, 5.74) is 6.27. The molecule has 0 aliphatic rings. The number of carbonyl (C=O) groups is 1. The second-order valence-corrected chi connectivity index (χ2v) is 3.91. The van der Waals surface area contributed by atoms with Gasteiger partial charge in [0.25, 0.3) is 0 Å². The van der Waals surface area contributed by atoms with Crippen molar-refractivity contribution in [3.8, 4) is 0 Å². The van der Waals surface area contributed by atoms with Crippen LogP contribution in [0, 0.1) is 0 Å². The number of carbonyl (C=O) groups excluding carboxylic acids is 1. The lowest BCUT2D eigenvalue weighted by atomic mass is 10.1. The predicted molar refractivity (Wildman–Crippen MR) is 69.8 cm³/mol. The molecule has 0 saturated heterocycles. The quantitative estimate of drug-likeness (QED) is 0.636. The van der Waals surface area contributed by atoms with E-state index in [1.54, 1.807) is 0 Å². The summed E-state index contributed by atoms with van der Waals surface area (Å²) in [5.74, 6) is 0. The second kappa shape index (κ2) is 10.7. The minimum absolute atomic E-state index is 0.641. The van der Waals surface area contributed by atoms with Gasteiger partial charge in [0.1, 0.15) is 6.29 Å². The molecule has 0 atom stereocenters. The van der Waals surface area contributed by atoms with Crippen molar-refractivity contribution in [2.24, 2.45) is 5.73 Å². The SMILES string of the molecule is CCCN.O=CCCCc1ccc(Cl)cc1.